The molecule has 1 heterocycles. The van der Waals surface area contributed by atoms with E-state index < -0.39 is 0 Å². The number of nitrogens with zero attached hydrogens (tertiary/aromatic N) is 1. The maximum atomic E-state index is 5.43. The first-order chi connectivity index (χ1) is 6.81. The smallest absolute Gasteiger partial charge is 0.170 e. The normalized spacial score (nSPS) is 25.0. The first kappa shape index (κ1) is 9.59. The fraction of sp³-hybridized carbons (Fsp3) is 0.364. The highest BCUT2D eigenvalue weighted by molar-refractivity contribution is 7.98. The second kappa shape index (κ2) is 4.05. The molecule has 2 atom stereocenters. The Kier molecular flexibility index (Phi) is 2.77. The third-order valence-electron chi connectivity index (χ3n) is 2.39. The molecule has 1 aliphatic heterocycles. The highest BCUT2D eigenvalue weighted by Crippen LogP contribution is 2.27. The summed E-state index contributed by atoms with van der Waals surface area (Å²) < 4.78 is 5.43. The first-order valence-electron chi connectivity index (χ1n) is 4.62. The molecule has 0 N–H and O–H groups in total. The van der Waals surface area contributed by atoms with E-state index >= 15 is 0 Å². The van der Waals surface area contributed by atoms with Crippen molar-refractivity contribution in [3.8, 4) is 0 Å². The number of benzene rings is 1. The Morgan fingerprint density at radius 2 is 2.00 bits per heavy atom. The van der Waals surface area contributed by atoms with Gasteiger partial charge in [0.25, 0.3) is 0 Å². The van der Waals surface area contributed by atoms with Crippen LogP contribution in [0.15, 0.2) is 34.2 Å². The minimum absolute atomic E-state index is 0.103. The van der Waals surface area contributed by atoms with Gasteiger partial charge in [0.2, 0.25) is 0 Å². The van der Waals surface area contributed by atoms with Crippen LogP contribution in [0.5, 0.6) is 0 Å². The van der Waals surface area contributed by atoms with Crippen molar-refractivity contribution in [3.63, 3.8) is 0 Å². The molecule has 2 unspecified atom stereocenters. The molecule has 0 fully saturated rings. The topological polar surface area (TPSA) is 21.6 Å². The third-order valence-corrected chi connectivity index (χ3v) is 3.13. The predicted molar refractivity (Wildman–Crippen MR) is 60.0 cm³/mol. The molecule has 2 rings (SSSR count). The SMILES string of the molecule is CSc1ccc(C2OC=NC2C)cc1. The van der Waals surface area contributed by atoms with Crippen LogP contribution in [0, 0.1) is 0 Å². The van der Waals surface area contributed by atoms with Crippen molar-refractivity contribution in [3.05, 3.63) is 29.8 Å². The molecule has 0 aromatic heterocycles. The van der Waals surface area contributed by atoms with Crippen molar-refractivity contribution in [2.24, 2.45) is 4.99 Å². The minimum Gasteiger partial charge on any atom is -0.473 e. The van der Waals surface area contributed by atoms with E-state index in [4.69, 9.17) is 4.74 Å². The summed E-state index contributed by atoms with van der Waals surface area (Å²) in [6.07, 6.45) is 3.73. The Bertz CT molecular complexity index is 334. The molecule has 14 heavy (non-hydrogen) atoms. The van der Waals surface area contributed by atoms with Gasteiger partial charge in [-0.2, -0.15) is 0 Å². The highest BCUT2D eigenvalue weighted by atomic mass is 32.2. The van der Waals surface area contributed by atoms with Gasteiger partial charge in [0, 0.05) is 4.90 Å². The lowest BCUT2D eigenvalue weighted by Crippen LogP contribution is -2.09. The molecule has 74 valence electrons. The summed E-state index contributed by atoms with van der Waals surface area (Å²) in [5, 5.41) is 0. The monoisotopic (exact) mass is 207 g/mol. The van der Waals surface area contributed by atoms with E-state index in [9.17, 15) is 0 Å². The van der Waals surface area contributed by atoms with E-state index in [-0.39, 0.29) is 12.1 Å². The molecule has 1 aromatic carbocycles. The molecule has 2 nitrogen and oxygen atoms in total. The number of rotatable bonds is 2. The molecule has 0 amide bonds. The summed E-state index contributed by atoms with van der Waals surface area (Å²) in [4.78, 5) is 5.46. The third kappa shape index (κ3) is 1.77. The lowest BCUT2D eigenvalue weighted by Gasteiger charge is -2.13. The molecule has 0 saturated carbocycles. The molecule has 0 spiro atoms. The Morgan fingerprint density at radius 1 is 1.29 bits per heavy atom. The lowest BCUT2D eigenvalue weighted by molar-refractivity contribution is 0.210. The van der Waals surface area contributed by atoms with Crippen LogP contribution in [0.25, 0.3) is 0 Å². The van der Waals surface area contributed by atoms with Gasteiger partial charge < -0.3 is 4.74 Å². The van der Waals surface area contributed by atoms with Crippen LogP contribution >= 0.6 is 11.8 Å². The number of aliphatic imine (C=N–C) groups is 1. The summed E-state index contributed by atoms with van der Waals surface area (Å²) in [5.41, 5.74) is 1.20. The second-order valence-corrected chi connectivity index (χ2v) is 4.20. The number of hydrogen-bond donors (Lipinski definition) is 0. The zero-order chi connectivity index (χ0) is 9.97. The highest BCUT2D eigenvalue weighted by Gasteiger charge is 2.23. The van der Waals surface area contributed by atoms with Gasteiger partial charge in [-0.15, -0.1) is 11.8 Å². The van der Waals surface area contributed by atoms with Crippen molar-refractivity contribution in [1.29, 1.82) is 0 Å². The van der Waals surface area contributed by atoms with Gasteiger partial charge in [0.15, 0.2) is 6.40 Å². The van der Waals surface area contributed by atoms with Crippen molar-refractivity contribution in [1.82, 2.24) is 0 Å². The van der Waals surface area contributed by atoms with Crippen LogP contribution in [0.2, 0.25) is 0 Å². The molecule has 0 bridgehead atoms. The van der Waals surface area contributed by atoms with Crippen molar-refractivity contribution in [2.75, 3.05) is 6.26 Å². The second-order valence-electron chi connectivity index (χ2n) is 3.32. The van der Waals surface area contributed by atoms with E-state index in [1.165, 1.54) is 10.5 Å². The zero-order valence-corrected chi connectivity index (χ0v) is 9.12. The van der Waals surface area contributed by atoms with Crippen LogP contribution < -0.4 is 0 Å². The van der Waals surface area contributed by atoms with Crippen LogP contribution in [-0.4, -0.2) is 18.7 Å². The van der Waals surface area contributed by atoms with Gasteiger partial charge in [-0.1, -0.05) is 12.1 Å². The number of ether oxygens (including phenoxy) is 1. The Labute approximate surface area is 88.4 Å². The maximum absolute atomic E-state index is 5.43. The zero-order valence-electron chi connectivity index (χ0n) is 8.31. The van der Waals surface area contributed by atoms with E-state index in [0.29, 0.717) is 0 Å². The largest absolute Gasteiger partial charge is 0.473 e. The standard InChI is InChI=1S/C11H13NOS/c1-8-11(13-7-12-8)9-3-5-10(14-2)6-4-9/h3-8,11H,1-2H3. The van der Waals surface area contributed by atoms with Crippen molar-refractivity contribution < 1.29 is 4.74 Å². The number of thioether (sulfide) groups is 1. The summed E-state index contributed by atoms with van der Waals surface area (Å²) in [7, 11) is 0. The molecule has 1 aromatic rings. The quantitative estimate of drug-likeness (QED) is 0.695. The average Bonchev–Trinajstić information content (AvgIpc) is 2.65. The van der Waals surface area contributed by atoms with E-state index in [0.717, 1.165) is 0 Å². The van der Waals surface area contributed by atoms with Gasteiger partial charge in [-0.05, 0) is 30.9 Å². The summed E-state index contributed by atoms with van der Waals surface area (Å²) in [6, 6.07) is 8.70. The first-order valence-corrected chi connectivity index (χ1v) is 5.85. The van der Waals surface area contributed by atoms with Crippen LogP contribution in [-0.2, 0) is 4.74 Å². The molecule has 0 aliphatic carbocycles. The predicted octanol–water partition coefficient (Wildman–Crippen LogP) is 2.90. The van der Waals surface area contributed by atoms with Gasteiger partial charge >= 0.3 is 0 Å². The summed E-state index contributed by atoms with van der Waals surface area (Å²) in [5.74, 6) is 0. The molecule has 3 heteroatoms. The van der Waals surface area contributed by atoms with Crippen LogP contribution in [0.3, 0.4) is 0 Å². The van der Waals surface area contributed by atoms with E-state index in [1.807, 2.05) is 0 Å². The van der Waals surface area contributed by atoms with Gasteiger partial charge in [-0.25, -0.2) is 0 Å². The van der Waals surface area contributed by atoms with Crippen LogP contribution in [0.4, 0.5) is 0 Å². The Balaban J connectivity index is 2.17. The summed E-state index contributed by atoms with van der Waals surface area (Å²) in [6.45, 7) is 2.07. The Hall–Kier alpha value is -0.960. The van der Waals surface area contributed by atoms with Gasteiger partial charge in [0.1, 0.15) is 6.10 Å². The molecular weight excluding hydrogens is 194 g/mol. The summed E-state index contributed by atoms with van der Waals surface area (Å²) >= 11 is 1.75. The van der Waals surface area contributed by atoms with Crippen molar-refractivity contribution in [2.45, 2.75) is 24.0 Å². The molecule has 1 aliphatic rings. The van der Waals surface area contributed by atoms with Gasteiger partial charge in [0.05, 0.1) is 6.04 Å². The Morgan fingerprint density at radius 3 is 2.50 bits per heavy atom. The fourth-order valence-corrected chi connectivity index (χ4v) is 1.95. The van der Waals surface area contributed by atoms with E-state index in [2.05, 4.69) is 42.4 Å². The van der Waals surface area contributed by atoms with Crippen molar-refractivity contribution >= 4 is 18.2 Å². The van der Waals surface area contributed by atoms with Gasteiger partial charge in [-0.3, -0.25) is 4.99 Å². The average molecular weight is 207 g/mol. The fourth-order valence-electron chi connectivity index (χ4n) is 1.54. The minimum atomic E-state index is 0.103. The number of hydrogen-bond acceptors (Lipinski definition) is 3. The maximum Gasteiger partial charge on any atom is 0.170 e. The molecule has 0 radical (unpaired) electrons. The molecular formula is C11H13NOS. The van der Waals surface area contributed by atoms with Crippen LogP contribution in [0.1, 0.15) is 18.6 Å². The lowest BCUT2D eigenvalue weighted by atomic mass is 10.0. The molecule has 0 saturated heterocycles. The van der Waals surface area contributed by atoms with E-state index in [1.54, 1.807) is 18.2 Å².